The zero-order valence-electron chi connectivity index (χ0n) is 11.5. The number of piperidine rings is 3. The van der Waals surface area contributed by atoms with E-state index in [2.05, 4.69) is 45.2 Å². The van der Waals surface area contributed by atoms with E-state index in [-0.39, 0.29) is 0 Å². The number of hydrogen-bond donors (Lipinski definition) is 1. The highest BCUT2D eigenvalue weighted by Gasteiger charge is 2.35. The van der Waals surface area contributed by atoms with E-state index in [1.54, 1.807) is 0 Å². The molecule has 3 aliphatic rings. The SMILES string of the molecule is c1csc(C(NC2CN3CCC2CC3)c2cccs2)c1. The van der Waals surface area contributed by atoms with Gasteiger partial charge in [0, 0.05) is 22.3 Å². The molecule has 2 aromatic rings. The van der Waals surface area contributed by atoms with Crippen LogP contribution in [0.15, 0.2) is 35.0 Å². The smallest absolute Gasteiger partial charge is 0.0767 e. The fraction of sp³-hybridized carbons (Fsp3) is 0.500. The normalized spacial score (nSPS) is 29.1. The molecule has 0 aromatic carbocycles. The van der Waals surface area contributed by atoms with E-state index in [0.717, 1.165) is 5.92 Å². The fourth-order valence-corrected chi connectivity index (χ4v) is 5.26. The summed E-state index contributed by atoms with van der Waals surface area (Å²) < 4.78 is 0. The molecule has 0 spiro atoms. The van der Waals surface area contributed by atoms with Crippen molar-refractivity contribution < 1.29 is 0 Å². The molecule has 0 amide bonds. The summed E-state index contributed by atoms with van der Waals surface area (Å²) in [5, 5.41) is 8.35. The van der Waals surface area contributed by atoms with Crippen molar-refractivity contribution in [2.75, 3.05) is 19.6 Å². The quantitative estimate of drug-likeness (QED) is 0.929. The van der Waals surface area contributed by atoms with Crippen molar-refractivity contribution >= 4 is 22.7 Å². The second-order valence-corrected chi connectivity index (χ2v) is 7.83. The lowest BCUT2D eigenvalue weighted by Crippen LogP contribution is -2.56. The highest BCUT2D eigenvalue weighted by molar-refractivity contribution is 7.11. The number of thiophene rings is 2. The van der Waals surface area contributed by atoms with Gasteiger partial charge in [0.25, 0.3) is 0 Å². The molecular weight excluding hydrogens is 284 g/mol. The Morgan fingerprint density at radius 2 is 1.70 bits per heavy atom. The molecule has 1 unspecified atom stereocenters. The molecule has 3 fully saturated rings. The second kappa shape index (κ2) is 5.60. The van der Waals surface area contributed by atoms with Crippen molar-refractivity contribution in [1.29, 1.82) is 0 Å². The Balaban J connectivity index is 1.57. The van der Waals surface area contributed by atoms with Gasteiger partial charge in [0.2, 0.25) is 0 Å². The van der Waals surface area contributed by atoms with Gasteiger partial charge in [-0.05, 0) is 54.7 Å². The van der Waals surface area contributed by atoms with Crippen LogP contribution in [0.1, 0.15) is 28.6 Å². The van der Waals surface area contributed by atoms with Crippen LogP contribution in [0.2, 0.25) is 0 Å². The van der Waals surface area contributed by atoms with Crippen LogP contribution in [-0.2, 0) is 0 Å². The number of fused-ring (bicyclic) bond motifs is 3. The van der Waals surface area contributed by atoms with Gasteiger partial charge in [-0.25, -0.2) is 0 Å². The Labute approximate surface area is 128 Å². The van der Waals surface area contributed by atoms with E-state index in [1.165, 1.54) is 42.2 Å². The average Bonchev–Trinajstić information content (AvgIpc) is 3.20. The van der Waals surface area contributed by atoms with E-state index >= 15 is 0 Å². The van der Waals surface area contributed by atoms with Crippen LogP contribution in [0.25, 0.3) is 0 Å². The predicted molar refractivity (Wildman–Crippen MR) is 86.6 cm³/mol. The number of hydrogen-bond acceptors (Lipinski definition) is 4. The zero-order chi connectivity index (χ0) is 13.4. The molecule has 2 nitrogen and oxygen atoms in total. The first-order chi connectivity index (χ1) is 9.90. The fourth-order valence-electron chi connectivity index (χ4n) is 3.58. The van der Waals surface area contributed by atoms with Gasteiger partial charge < -0.3 is 10.2 Å². The van der Waals surface area contributed by atoms with Gasteiger partial charge in [-0.1, -0.05) is 12.1 Å². The third-order valence-corrected chi connectivity index (χ3v) is 6.57. The number of rotatable bonds is 4. The monoisotopic (exact) mass is 304 g/mol. The first-order valence-corrected chi connectivity index (χ1v) is 9.21. The minimum atomic E-state index is 0.389. The average molecular weight is 304 g/mol. The highest BCUT2D eigenvalue weighted by Crippen LogP contribution is 2.34. The largest absolute Gasteiger partial charge is 0.302 e. The molecule has 0 saturated carbocycles. The van der Waals surface area contributed by atoms with Crippen LogP contribution >= 0.6 is 22.7 Å². The Kier molecular flexibility index (Phi) is 3.65. The molecule has 2 aromatic heterocycles. The predicted octanol–water partition coefficient (Wildman–Crippen LogP) is 3.58. The lowest BCUT2D eigenvalue weighted by atomic mass is 9.83. The van der Waals surface area contributed by atoms with Gasteiger partial charge in [-0.15, -0.1) is 22.7 Å². The molecule has 5 heterocycles. The first-order valence-electron chi connectivity index (χ1n) is 7.45. The van der Waals surface area contributed by atoms with Crippen molar-refractivity contribution in [3.05, 3.63) is 44.8 Å². The number of nitrogens with zero attached hydrogens (tertiary/aromatic N) is 1. The molecular formula is C16H20N2S2. The minimum Gasteiger partial charge on any atom is -0.302 e. The maximum absolute atomic E-state index is 3.97. The molecule has 5 rings (SSSR count). The molecule has 4 heteroatoms. The third kappa shape index (κ3) is 2.46. The van der Waals surface area contributed by atoms with Gasteiger partial charge in [0.05, 0.1) is 6.04 Å². The summed E-state index contributed by atoms with van der Waals surface area (Å²) in [6.45, 7) is 3.86. The van der Waals surface area contributed by atoms with E-state index in [9.17, 15) is 0 Å². The van der Waals surface area contributed by atoms with Crippen LogP contribution in [0.5, 0.6) is 0 Å². The summed E-state index contributed by atoms with van der Waals surface area (Å²) in [6, 6.07) is 9.91. The van der Waals surface area contributed by atoms with Crippen molar-refractivity contribution in [2.45, 2.75) is 24.9 Å². The minimum absolute atomic E-state index is 0.389. The van der Waals surface area contributed by atoms with Crippen molar-refractivity contribution in [2.24, 2.45) is 5.92 Å². The molecule has 106 valence electrons. The highest BCUT2D eigenvalue weighted by atomic mass is 32.1. The van der Waals surface area contributed by atoms with Gasteiger partial charge >= 0.3 is 0 Å². The van der Waals surface area contributed by atoms with E-state index in [0.29, 0.717) is 12.1 Å². The van der Waals surface area contributed by atoms with Crippen LogP contribution < -0.4 is 5.32 Å². The summed E-state index contributed by atoms with van der Waals surface area (Å²) >= 11 is 3.74. The molecule has 2 bridgehead atoms. The molecule has 3 aliphatic heterocycles. The lowest BCUT2D eigenvalue weighted by molar-refractivity contribution is 0.0695. The standard InChI is InChI=1S/C16H20N2S2/c1-3-14(19-9-1)16(15-4-2-10-20-15)17-13-11-18-7-5-12(13)6-8-18/h1-4,9-10,12-13,16-17H,5-8,11H2. The zero-order valence-corrected chi connectivity index (χ0v) is 13.1. The summed E-state index contributed by atoms with van der Waals surface area (Å²) in [5.41, 5.74) is 0. The maximum atomic E-state index is 3.97. The maximum Gasteiger partial charge on any atom is 0.0767 e. The third-order valence-electron chi connectivity index (χ3n) is 4.69. The molecule has 0 radical (unpaired) electrons. The van der Waals surface area contributed by atoms with E-state index in [1.807, 2.05) is 22.7 Å². The summed E-state index contributed by atoms with van der Waals surface area (Å²) in [5.74, 6) is 0.877. The number of nitrogens with one attached hydrogen (secondary N) is 1. The van der Waals surface area contributed by atoms with Crippen LogP contribution in [0.4, 0.5) is 0 Å². The van der Waals surface area contributed by atoms with Gasteiger partial charge in [0.1, 0.15) is 0 Å². The topological polar surface area (TPSA) is 15.3 Å². The molecule has 1 atom stereocenters. The van der Waals surface area contributed by atoms with E-state index in [4.69, 9.17) is 0 Å². The van der Waals surface area contributed by atoms with Crippen LogP contribution in [-0.4, -0.2) is 30.6 Å². The molecule has 0 aliphatic carbocycles. The molecule has 3 saturated heterocycles. The van der Waals surface area contributed by atoms with E-state index < -0.39 is 0 Å². The summed E-state index contributed by atoms with van der Waals surface area (Å²) in [6.07, 6.45) is 2.75. The Morgan fingerprint density at radius 1 is 1.05 bits per heavy atom. The second-order valence-electron chi connectivity index (χ2n) is 5.88. The van der Waals surface area contributed by atoms with Gasteiger partial charge in [0.15, 0.2) is 0 Å². The van der Waals surface area contributed by atoms with Crippen LogP contribution in [0.3, 0.4) is 0 Å². The Hall–Kier alpha value is -0.680. The van der Waals surface area contributed by atoms with Gasteiger partial charge in [-0.2, -0.15) is 0 Å². The Morgan fingerprint density at radius 3 is 2.15 bits per heavy atom. The lowest BCUT2D eigenvalue weighted by Gasteiger charge is -2.46. The van der Waals surface area contributed by atoms with Crippen LogP contribution in [0, 0.1) is 5.92 Å². The molecule has 20 heavy (non-hydrogen) atoms. The summed E-state index contributed by atoms with van der Waals surface area (Å²) in [4.78, 5) is 5.52. The van der Waals surface area contributed by atoms with Gasteiger partial charge in [-0.3, -0.25) is 0 Å². The first kappa shape index (κ1) is 13.0. The van der Waals surface area contributed by atoms with Crippen molar-refractivity contribution in [1.82, 2.24) is 10.2 Å². The summed E-state index contributed by atoms with van der Waals surface area (Å²) in [7, 11) is 0. The Bertz CT molecular complexity index is 493. The molecule has 1 N–H and O–H groups in total. The van der Waals surface area contributed by atoms with Crippen molar-refractivity contribution in [3.63, 3.8) is 0 Å². The van der Waals surface area contributed by atoms with Crippen molar-refractivity contribution in [3.8, 4) is 0 Å².